The molecule has 0 spiro atoms. The molecule has 0 aliphatic heterocycles. The summed E-state index contributed by atoms with van der Waals surface area (Å²) in [6.07, 6.45) is 0. The Morgan fingerprint density at radius 1 is 1.32 bits per heavy atom. The van der Waals surface area contributed by atoms with Crippen molar-refractivity contribution in [2.45, 2.75) is 6.92 Å². The molecule has 4 heteroatoms. The first-order valence-corrected chi connectivity index (χ1v) is 7.98. The molecule has 0 saturated heterocycles. The average molecular weight is 439 g/mol. The van der Waals surface area contributed by atoms with Gasteiger partial charge in [0.25, 0.3) is 0 Å². The van der Waals surface area contributed by atoms with Gasteiger partial charge in [-0.1, -0.05) is 0 Å². The second-order valence-electron chi connectivity index (χ2n) is 4.12. The van der Waals surface area contributed by atoms with E-state index >= 15 is 0 Å². The second-order valence-corrected chi connectivity index (χ2v) is 7.37. The number of amides is 1. The average Bonchev–Trinajstić information content (AvgIpc) is 2.83. The Hall–Kier alpha value is -1.31. The monoisotopic (exact) mass is 439 g/mol. The van der Waals surface area contributed by atoms with Crippen LogP contribution in [0.4, 0.5) is 0 Å². The molecule has 0 aliphatic carbocycles. The Morgan fingerprint density at radius 2 is 1.95 bits per heavy atom. The molecule has 0 radical (unpaired) electrons. The normalized spacial score (nSPS) is 10.2. The minimum atomic E-state index is -0.459. The summed E-state index contributed by atoms with van der Waals surface area (Å²) in [5.74, 6) is -0.459. The predicted molar refractivity (Wildman–Crippen MR) is 77.8 cm³/mol. The molecule has 2 aromatic rings. The standard InChI is InChI=1S/C15H13NOS.W/c1-3-11-9-13(12-7-5-4-6-8-12)18-14(11)10(2)15(16)17;/h4-9H,2H2,1H3,(H2,16,17);. The van der Waals surface area contributed by atoms with Crippen LogP contribution in [-0.2, 0) is 24.1 Å². The summed E-state index contributed by atoms with van der Waals surface area (Å²) in [4.78, 5) is 13.4. The maximum atomic E-state index is 11.3. The predicted octanol–water partition coefficient (Wildman–Crippen LogP) is 3.00. The fourth-order valence-electron chi connectivity index (χ4n) is 1.73. The third-order valence-electron chi connectivity index (χ3n) is 2.74. The fourth-order valence-corrected chi connectivity index (χ4v) is 3.76. The quantitative estimate of drug-likeness (QED) is 0.732. The van der Waals surface area contributed by atoms with Gasteiger partial charge in [0.1, 0.15) is 0 Å². The first kappa shape index (κ1) is 14.1. The molecule has 1 amide bonds. The van der Waals surface area contributed by atoms with E-state index in [0.717, 1.165) is 20.9 Å². The van der Waals surface area contributed by atoms with Crippen molar-refractivity contribution in [2.75, 3.05) is 0 Å². The van der Waals surface area contributed by atoms with Crippen molar-refractivity contribution in [3.63, 3.8) is 0 Å². The molecule has 2 nitrogen and oxygen atoms in total. The van der Waals surface area contributed by atoms with Crippen LogP contribution in [0.5, 0.6) is 0 Å². The first-order chi connectivity index (χ1) is 9.00. The van der Waals surface area contributed by atoms with E-state index in [1.807, 2.05) is 18.2 Å². The zero-order valence-corrected chi connectivity index (χ0v) is 14.2. The van der Waals surface area contributed by atoms with E-state index < -0.39 is 5.91 Å². The number of hydrogen-bond donors (Lipinski definition) is 1. The molecule has 0 aliphatic rings. The van der Waals surface area contributed by atoms with E-state index in [1.54, 1.807) is 11.3 Å². The van der Waals surface area contributed by atoms with Gasteiger partial charge in [-0.25, -0.2) is 0 Å². The van der Waals surface area contributed by atoms with Gasteiger partial charge in [0.2, 0.25) is 0 Å². The van der Waals surface area contributed by atoms with Crippen molar-refractivity contribution in [3.8, 4) is 10.4 Å². The van der Waals surface area contributed by atoms with Crippen LogP contribution in [-0.4, -0.2) is 9.81 Å². The molecule has 1 heterocycles. The molecule has 2 rings (SSSR count). The van der Waals surface area contributed by atoms with Gasteiger partial charge >= 0.3 is 127 Å². The number of rotatable bonds is 4. The molecular weight excluding hydrogens is 426 g/mol. The van der Waals surface area contributed by atoms with Gasteiger partial charge < -0.3 is 0 Å². The van der Waals surface area contributed by atoms with Crippen LogP contribution in [0.15, 0.2) is 43.0 Å². The van der Waals surface area contributed by atoms with Crippen LogP contribution in [0.3, 0.4) is 0 Å². The van der Waals surface area contributed by atoms with Gasteiger partial charge in [0.15, 0.2) is 0 Å². The Kier molecular flexibility index (Phi) is 4.28. The number of carbonyl (C=O) groups excluding carboxylic acids is 1. The van der Waals surface area contributed by atoms with Crippen LogP contribution < -0.4 is 5.73 Å². The molecule has 0 unspecified atom stereocenters. The topological polar surface area (TPSA) is 43.1 Å². The number of primary amides is 1. The molecule has 0 saturated carbocycles. The number of thiophene rings is 1. The van der Waals surface area contributed by atoms with E-state index in [4.69, 9.17) is 5.73 Å². The van der Waals surface area contributed by atoms with Gasteiger partial charge in [-0.3, -0.25) is 0 Å². The van der Waals surface area contributed by atoms with Crippen molar-refractivity contribution in [3.05, 3.63) is 53.4 Å². The zero-order valence-electron chi connectivity index (χ0n) is 10.5. The summed E-state index contributed by atoms with van der Waals surface area (Å²) >= 11 is 2.95. The van der Waals surface area contributed by atoms with Gasteiger partial charge in [0, 0.05) is 0 Å². The second kappa shape index (κ2) is 5.77. The molecule has 0 atom stereocenters. The number of nitrogens with two attached hydrogens (primary N) is 1. The summed E-state index contributed by atoms with van der Waals surface area (Å²) in [7, 11) is 0. The Balaban J connectivity index is 2.56. The maximum absolute atomic E-state index is 11.3. The van der Waals surface area contributed by atoms with Crippen molar-refractivity contribution in [2.24, 2.45) is 5.73 Å². The molecule has 0 fully saturated rings. The fraction of sp³-hybridized carbons (Fsp3) is 0.0667. The number of hydrogen-bond acceptors (Lipinski definition) is 2. The summed E-state index contributed by atoms with van der Waals surface area (Å²) in [5, 5.41) is 0. The zero-order chi connectivity index (χ0) is 14.0. The van der Waals surface area contributed by atoms with Crippen molar-refractivity contribution in [1.82, 2.24) is 0 Å². The van der Waals surface area contributed by atoms with Crippen molar-refractivity contribution >= 4 is 26.7 Å². The van der Waals surface area contributed by atoms with Crippen molar-refractivity contribution in [1.29, 1.82) is 0 Å². The van der Waals surface area contributed by atoms with E-state index in [2.05, 4.69) is 31.7 Å². The van der Waals surface area contributed by atoms with E-state index in [-0.39, 0.29) is 0 Å². The molecule has 1 aromatic heterocycles. The number of benzene rings is 1. The van der Waals surface area contributed by atoms with Crippen LogP contribution in [0, 0.1) is 0 Å². The van der Waals surface area contributed by atoms with E-state index in [1.165, 1.54) is 23.3 Å². The van der Waals surface area contributed by atoms with Gasteiger partial charge in [-0.2, -0.15) is 0 Å². The Labute approximate surface area is 127 Å². The summed E-state index contributed by atoms with van der Waals surface area (Å²) in [5.41, 5.74) is 7.97. The van der Waals surface area contributed by atoms with E-state index in [9.17, 15) is 4.79 Å². The first-order valence-electron chi connectivity index (χ1n) is 5.70. The van der Waals surface area contributed by atoms with Gasteiger partial charge in [-0.05, 0) is 0 Å². The summed E-state index contributed by atoms with van der Waals surface area (Å²) in [6.45, 7) is 5.87. The summed E-state index contributed by atoms with van der Waals surface area (Å²) < 4.78 is 1.23. The Bertz CT molecular complexity index is 658. The van der Waals surface area contributed by atoms with E-state index in [0.29, 0.717) is 5.57 Å². The molecule has 96 valence electrons. The van der Waals surface area contributed by atoms with Gasteiger partial charge in [0.05, 0.1) is 0 Å². The third kappa shape index (κ3) is 2.99. The van der Waals surface area contributed by atoms with Crippen molar-refractivity contribution < 1.29 is 24.1 Å². The minimum absolute atomic E-state index is 0.391. The third-order valence-corrected chi connectivity index (χ3v) is 4.78. The SMILES string of the molecule is C=C(C(N)=O)c1sc(-c2ccccc2)cc1[C](C)=[W]. The molecule has 2 N–H and O–H groups in total. The summed E-state index contributed by atoms with van der Waals surface area (Å²) in [6, 6.07) is 12.2. The molecular formula is C15H13NOSW. The van der Waals surface area contributed by atoms with Crippen LogP contribution in [0.2, 0.25) is 0 Å². The molecule has 19 heavy (non-hydrogen) atoms. The molecule has 1 aromatic carbocycles. The van der Waals surface area contributed by atoms with Crippen LogP contribution >= 0.6 is 11.3 Å². The van der Waals surface area contributed by atoms with Gasteiger partial charge in [-0.15, -0.1) is 0 Å². The Morgan fingerprint density at radius 3 is 2.47 bits per heavy atom. The van der Waals surface area contributed by atoms with Crippen LogP contribution in [0.25, 0.3) is 16.0 Å². The number of carbonyl (C=O) groups is 1. The van der Waals surface area contributed by atoms with Crippen LogP contribution in [0.1, 0.15) is 17.4 Å². The molecule has 0 bridgehead atoms.